The molecule has 2 bridgehead atoms. The fourth-order valence-corrected chi connectivity index (χ4v) is 3.24. The van der Waals surface area contributed by atoms with Crippen LogP contribution in [0.15, 0.2) is 0 Å². The molecule has 3 heteroatoms. The smallest absolute Gasteiger partial charge is 0.312 e. The topological polar surface area (TPSA) is 55.1 Å². The molecular weight excluding hydrogens is 164 g/mol. The molecule has 13 heavy (non-hydrogen) atoms. The molecule has 74 valence electrons. The molecule has 0 radical (unpaired) electrons. The fraction of sp³-hybridized carbons (Fsp3) is 0.900. The quantitative estimate of drug-likeness (QED) is 0.667. The molecule has 2 fully saturated rings. The molecular formula is C10H18N2O. The first-order valence-electron chi connectivity index (χ1n) is 5.22. The summed E-state index contributed by atoms with van der Waals surface area (Å²) in [6.07, 6.45) is 5.45. The van der Waals surface area contributed by atoms with E-state index in [1.165, 1.54) is 25.7 Å². The molecule has 2 rings (SSSR count). The minimum Gasteiger partial charge on any atom is -0.352 e. The predicted molar refractivity (Wildman–Crippen MR) is 51.1 cm³/mol. The Morgan fingerprint density at radius 3 is 2.69 bits per heavy atom. The Hall–Kier alpha value is -0.730. The van der Waals surface area contributed by atoms with Gasteiger partial charge in [-0.3, -0.25) is 0 Å². The maximum Gasteiger partial charge on any atom is 0.312 e. The molecule has 0 aromatic heterocycles. The Balaban J connectivity index is 1.91. The van der Waals surface area contributed by atoms with Crippen LogP contribution in [0.2, 0.25) is 0 Å². The van der Waals surface area contributed by atoms with Crippen LogP contribution >= 0.6 is 0 Å². The molecule has 0 saturated heterocycles. The summed E-state index contributed by atoms with van der Waals surface area (Å²) >= 11 is 0. The van der Waals surface area contributed by atoms with Crippen molar-refractivity contribution >= 4 is 6.03 Å². The second-order valence-electron chi connectivity index (χ2n) is 4.64. The van der Waals surface area contributed by atoms with Gasteiger partial charge in [0.15, 0.2) is 0 Å². The zero-order chi connectivity index (χ0) is 9.42. The van der Waals surface area contributed by atoms with E-state index in [1.807, 2.05) is 0 Å². The van der Waals surface area contributed by atoms with Crippen LogP contribution in [0.25, 0.3) is 0 Å². The van der Waals surface area contributed by atoms with Gasteiger partial charge >= 0.3 is 6.03 Å². The third-order valence-electron chi connectivity index (χ3n) is 3.80. The number of rotatable bonds is 2. The summed E-state index contributed by atoms with van der Waals surface area (Å²) < 4.78 is 0. The van der Waals surface area contributed by atoms with Crippen molar-refractivity contribution in [1.29, 1.82) is 0 Å². The first-order chi connectivity index (χ1) is 6.16. The van der Waals surface area contributed by atoms with Crippen molar-refractivity contribution in [2.75, 3.05) is 0 Å². The van der Waals surface area contributed by atoms with E-state index in [1.54, 1.807) is 0 Å². The number of nitrogens with one attached hydrogen (secondary N) is 1. The lowest BCUT2D eigenvalue weighted by atomic mass is 9.84. The van der Waals surface area contributed by atoms with Gasteiger partial charge in [0.1, 0.15) is 0 Å². The normalized spacial score (nSPS) is 39.0. The third-order valence-corrected chi connectivity index (χ3v) is 3.80. The first kappa shape index (κ1) is 8.85. The number of nitrogens with two attached hydrogens (primary N) is 1. The minimum absolute atomic E-state index is 0.271. The van der Waals surface area contributed by atoms with Crippen LogP contribution < -0.4 is 11.1 Å². The molecule has 0 aliphatic heterocycles. The molecule has 2 amide bonds. The highest BCUT2D eigenvalue weighted by atomic mass is 16.2. The highest BCUT2D eigenvalue weighted by Gasteiger charge is 2.41. The van der Waals surface area contributed by atoms with Gasteiger partial charge in [0.05, 0.1) is 0 Å². The monoisotopic (exact) mass is 182 g/mol. The molecule has 3 nitrogen and oxygen atoms in total. The van der Waals surface area contributed by atoms with Gasteiger partial charge in [-0.15, -0.1) is 0 Å². The summed E-state index contributed by atoms with van der Waals surface area (Å²) in [5.74, 6) is 2.48. The number of primary amides is 1. The summed E-state index contributed by atoms with van der Waals surface area (Å²) in [6.45, 7) is 2.08. The summed E-state index contributed by atoms with van der Waals surface area (Å²) in [6, 6.07) is -0.108. The van der Waals surface area contributed by atoms with Gasteiger partial charge in [-0.2, -0.15) is 0 Å². The van der Waals surface area contributed by atoms with Crippen LogP contribution in [0.4, 0.5) is 4.79 Å². The van der Waals surface area contributed by atoms with E-state index in [-0.39, 0.29) is 12.1 Å². The summed E-state index contributed by atoms with van der Waals surface area (Å²) in [5.41, 5.74) is 5.11. The Labute approximate surface area is 79.1 Å². The number of carbonyl (C=O) groups is 1. The lowest BCUT2D eigenvalue weighted by Gasteiger charge is -2.27. The second-order valence-corrected chi connectivity index (χ2v) is 4.64. The average Bonchev–Trinajstić information content (AvgIpc) is 2.62. The van der Waals surface area contributed by atoms with E-state index in [2.05, 4.69) is 12.2 Å². The average molecular weight is 182 g/mol. The lowest BCUT2D eigenvalue weighted by molar-refractivity contribution is 0.227. The molecule has 0 spiro atoms. The molecule has 3 N–H and O–H groups in total. The van der Waals surface area contributed by atoms with Gasteiger partial charge in [0.2, 0.25) is 0 Å². The van der Waals surface area contributed by atoms with Crippen molar-refractivity contribution in [3.8, 4) is 0 Å². The summed E-state index contributed by atoms with van der Waals surface area (Å²) in [7, 11) is 0. The number of urea groups is 1. The highest BCUT2D eigenvalue weighted by molar-refractivity contribution is 5.71. The Morgan fingerprint density at radius 2 is 2.23 bits per heavy atom. The van der Waals surface area contributed by atoms with Gasteiger partial charge in [0.25, 0.3) is 0 Å². The number of carbonyl (C=O) groups excluding carboxylic acids is 1. The van der Waals surface area contributed by atoms with Crippen LogP contribution in [0.5, 0.6) is 0 Å². The number of fused-ring (bicyclic) bond motifs is 2. The van der Waals surface area contributed by atoms with E-state index < -0.39 is 0 Å². The minimum atomic E-state index is -0.379. The highest BCUT2D eigenvalue weighted by Crippen LogP contribution is 2.49. The molecule has 2 aliphatic carbocycles. The molecule has 2 unspecified atom stereocenters. The van der Waals surface area contributed by atoms with Crippen LogP contribution in [-0.4, -0.2) is 12.1 Å². The van der Waals surface area contributed by atoms with Crippen LogP contribution in [0.1, 0.15) is 32.6 Å². The maximum atomic E-state index is 10.7. The van der Waals surface area contributed by atoms with Crippen molar-refractivity contribution in [2.45, 2.75) is 38.6 Å². The second kappa shape index (κ2) is 3.20. The molecule has 2 saturated carbocycles. The summed E-state index contributed by atoms with van der Waals surface area (Å²) in [5, 5.41) is 2.81. The zero-order valence-electron chi connectivity index (χ0n) is 8.12. The van der Waals surface area contributed by atoms with Crippen molar-refractivity contribution in [1.82, 2.24) is 5.32 Å². The van der Waals surface area contributed by atoms with Gasteiger partial charge in [-0.05, 0) is 43.9 Å². The molecule has 2 aliphatic rings. The van der Waals surface area contributed by atoms with Gasteiger partial charge < -0.3 is 11.1 Å². The SMILES string of the molecule is CC(NC(N)=O)C1C[C@@H]2CC[C@H]1C2. The fourth-order valence-electron chi connectivity index (χ4n) is 3.24. The third kappa shape index (κ3) is 1.64. The van der Waals surface area contributed by atoms with Crippen LogP contribution in [0.3, 0.4) is 0 Å². The van der Waals surface area contributed by atoms with E-state index in [9.17, 15) is 4.79 Å². The van der Waals surface area contributed by atoms with Crippen molar-refractivity contribution < 1.29 is 4.79 Å². The van der Waals surface area contributed by atoms with Gasteiger partial charge in [-0.25, -0.2) is 4.79 Å². The van der Waals surface area contributed by atoms with Gasteiger partial charge in [0, 0.05) is 6.04 Å². The van der Waals surface area contributed by atoms with E-state index in [0.29, 0.717) is 5.92 Å². The number of hydrogen-bond donors (Lipinski definition) is 2. The summed E-state index contributed by atoms with van der Waals surface area (Å²) in [4.78, 5) is 10.7. The number of amides is 2. The Bertz CT molecular complexity index is 217. The van der Waals surface area contributed by atoms with E-state index in [4.69, 9.17) is 5.73 Å². The zero-order valence-corrected chi connectivity index (χ0v) is 8.12. The standard InChI is InChI=1S/C10H18N2O/c1-6(12-10(11)13)9-5-7-2-3-8(9)4-7/h6-9H,2-5H2,1H3,(H3,11,12,13)/t6?,7-,8+,9?/m1/s1. The molecule has 0 aromatic carbocycles. The van der Waals surface area contributed by atoms with Crippen molar-refractivity contribution in [3.05, 3.63) is 0 Å². The van der Waals surface area contributed by atoms with Crippen LogP contribution in [-0.2, 0) is 0 Å². The van der Waals surface area contributed by atoms with Crippen molar-refractivity contribution in [3.63, 3.8) is 0 Å². The largest absolute Gasteiger partial charge is 0.352 e. The van der Waals surface area contributed by atoms with Crippen molar-refractivity contribution in [2.24, 2.45) is 23.5 Å². The van der Waals surface area contributed by atoms with Crippen LogP contribution in [0, 0.1) is 17.8 Å². The first-order valence-corrected chi connectivity index (χ1v) is 5.22. The Kier molecular flexibility index (Phi) is 2.18. The van der Waals surface area contributed by atoms with E-state index in [0.717, 1.165) is 11.8 Å². The lowest BCUT2D eigenvalue weighted by Crippen LogP contribution is -2.42. The number of hydrogen-bond acceptors (Lipinski definition) is 1. The van der Waals surface area contributed by atoms with Gasteiger partial charge in [-0.1, -0.05) is 6.42 Å². The molecule has 4 atom stereocenters. The molecule has 0 heterocycles. The Morgan fingerprint density at radius 1 is 1.46 bits per heavy atom. The molecule has 0 aromatic rings. The predicted octanol–water partition coefficient (Wildman–Crippen LogP) is 1.48. The maximum absolute atomic E-state index is 10.7. The van der Waals surface area contributed by atoms with E-state index >= 15 is 0 Å².